The largest absolute Gasteiger partial charge is 0.486 e. The van der Waals surface area contributed by atoms with E-state index in [4.69, 9.17) is 9.15 Å². The zero-order valence-electron chi connectivity index (χ0n) is 12.3. The summed E-state index contributed by atoms with van der Waals surface area (Å²) in [5, 5.41) is 2.87. The maximum atomic E-state index is 11.8. The number of carbonyl (C=O) groups is 2. The zero-order valence-corrected chi connectivity index (χ0v) is 12.3. The highest BCUT2D eigenvalue weighted by atomic mass is 16.5. The van der Waals surface area contributed by atoms with Gasteiger partial charge in [-0.25, -0.2) is 0 Å². The molecule has 2 aromatic rings. The third-order valence-corrected chi connectivity index (χ3v) is 3.44. The second-order valence-corrected chi connectivity index (χ2v) is 5.38. The van der Waals surface area contributed by atoms with Gasteiger partial charge in [0.2, 0.25) is 0 Å². The molecule has 1 N–H and O–H groups in total. The summed E-state index contributed by atoms with van der Waals surface area (Å²) in [5.74, 6) is 1.36. The van der Waals surface area contributed by atoms with Crippen LogP contribution in [-0.4, -0.2) is 17.7 Å². The number of carbonyl (C=O) groups excluding carboxylic acids is 2. The molecule has 3 rings (SSSR count). The van der Waals surface area contributed by atoms with E-state index in [0.29, 0.717) is 28.9 Å². The zero-order chi connectivity index (χ0) is 15.5. The van der Waals surface area contributed by atoms with E-state index in [0.717, 1.165) is 12.8 Å². The molecule has 1 aromatic carbocycles. The quantitative estimate of drug-likeness (QED) is 0.833. The van der Waals surface area contributed by atoms with Crippen LogP contribution < -0.4 is 10.1 Å². The van der Waals surface area contributed by atoms with Crippen LogP contribution in [0.25, 0.3) is 0 Å². The molecule has 0 spiro atoms. The Hall–Kier alpha value is -2.56. The van der Waals surface area contributed by atoms with Gasteiger partial charge in [-0.1, -0.05) is 0 Å². The topological polar surface area (TPSA) is 68.5 Å². The van der Waals surface area contributed by atoms with Crippen molar-refractivity contribution < 1.29 is 18.7 Å². The minimum absolute atomic E-state index is 0.0175. The smallest absolute Gasteiger partial charge is 0.287 e. The Bertz CT molecular complexity index is 683. The van der Waals surface area contributed by atoms with Gasteiger partial charge < -0.3 is 14.5 Å². The summed E-state index contributed by atoms with van der Waals surface area (Å²) in [6.07, 6.45) is 2.08. The lowest BCUT2D eigenvalue weighted by Crippen LogP contribution is -2.24. The van der Waals surface area contributed by atoms with Crippen LogP contribution in [0, 0.1) is 0 Å². The molecule has 1 aromatic heterocycles. The van der Waals surface area contributed by atoms with Crippen molar-refractivity contribution in [3.05, 3.63) is 53.5 Å². The van der Waals surface area contributed by atoms with E-state index < -0.39 is 0 Å². The van der Waals surface area contributed by atoms with E-state index in [1.165, 1.54) is 6.92 Å². The molecule has 1 aliphatic carbocycles. The lowest BCUT2D eigenvalue weighted by molar-refractivity contribution is 0.0918. The standard InChI is InChI=1S/C17H17NO4/c1-11(19)12-2-6-14(7-3-12)21-10-15-8-9-16(22-15)17(20)18-13-4-5-13/h2-3,6-9,13H,4-5,10H2,1H3,(H,18,20). The lowest BCUT2D eigenvalue weighted by Gasteiger charge is -2.04. The van der Waals surface area contributed by atoms with Gasteiger partial charge in [-0.3, -0.25) is 9.59 Å². The van der Waals surface area contributed by atoms with Gasteiger partial charge in [0.25, 0.3) is 5.91 Å². The van der Waals surface area contributed by atoms with Gasteiger partial charge in [0.1, 0.15) is 18.1 Å². The molecule has 22 heavy (non-hydrogen) atoms. The van der Waals surface area contributed by atoms with Crippen LogP contribution in [0.5, 0.6) is 5.75 Å². The van der Waals surface area contributed by atoms with Gasteiger partial charge in [-0.15, -0.1) is 0 Å². The molecule has 1 amide bonds. The van der Waals surface area contributed by atoms with Crippen molar-refractivity contribution in [2.24, 2.45) is 0 Å². The summed E-state index contributed by atoms with van der Waals surface area (Å²) in [6, 6.07) is 10.6. The number of nitrogens with one attached hydrogen (secondary N) is 1. The Morgan fingerprint density at radius 2 is 1.91 bits per heavy atom. The molecule has 114 valence electrons. The van der Waals surface area contributed by atoms with Crippen LogP contribution in [0.1, 0.15) is 46.4 Å². The van der Waals surface area contributed by atoms with E-state index in [1.807, 2.05) is 0 Å². The third-order valence-electron chi connectivity index (χ3n) is 3.44. The monoisotopic (exact) mass is 299 g/mol. The maximum absolute atomic E-state index is 11.8. The minimum Gasteiger partial charge on any atom is -0.486 e. The SMILES string of the molecule is CC(=O)c1ccc(OCc2ccc(C(=O)NC3CC3)o2)cc1. The highest BCUT2D eigenvalue weighted by molar-refractivity contribution is 5.94. The fourth-order valence-electron chi connectivity index (χ4n) is 2.00. The molecule has 1 fully saturated rings. The van der Waals surface area contributed by atoms with Crippen molar-refractivity contribution in [1.29, 1.82) is 0 Å². The van der Waals surface area contributed by atoms with Crippen LogP contribution >= 0.6 is 0 Å². The third kappa shape index (κ3) is 3.55. The number of Topliss-reactive ketones (excluding diaryl/α,β-unsaturated/α-hetero) is 1. The Morgan fingerprint density at radius 3 is 2.55 bits per heavy atom. The average Bonchev–Trinajstić information content (AvgIpc) is 3.19. The highest BCUT2D eigenvalue weighted by Gasteiger charge is 2.25. The second-order valence-electron chi connectivity index (χ2n) is 5.38. The van der Waals surface area contributed by atoms with Crippen molar-refractivity contribution in [2.75, 3.05) is 0 Å². The summed E-state index contributed by atoms with van der Waals surface area (Å²) in [7, 11) is 0. The number of hydrogen-bond acceptors (Lipinski definition) is 4. The van der Waals surface area contributed by atoms with Crippen LogP contribution in [0.3, 0.4) is 0 Å². The Kier molecular flexibility index (Phi) is 3.96. The van der Waals surface area contributed by atoms with Crippen molar-refractivity contribution >= 4 is 11.7 Å². The predicted molar refractivity (Wildman–Crippen MR) is 80.0 cm³/mol. The fourth-order valence-corrected chi connectivity index (χ4v) is 2.00. The minimum atomic E-state index is -0.181. The van der Waals surface area contributed by atoms with Crippen LogP contribution in [0.2, 0.25) is 0 Å². The molecule has 1 saturated carbocycles. The molecule has 0 bridgehead atoms. The Balaban J connectivity index is 1.55. The van der Waals surface area contributed by atoms with Crippen LogP contribution in [0.4, 0.5) is 0 Å². The van der Waals surface area contributed by atoms with Gasteiger partial charge in [0.05, 0.1) is 0 Å². The molecule has 1 aliphatic rings. The van der Waals surface area contributed by atoms with Crippen LogP contribution in [-0.2, 0) is 6.61 Å². The summed E-state index contributed by atoms with van der Waals surface area (Å²) in [5.41, 5.74) is 0.643. The summed E-state index contributed by atoms with van der Waals surface area (Å²) in [4.78, 5) is 23.0. The van der Waals surface area contributed by atoms with Crippen molar-refractivity contribution in [3.63, 3.8) is 0 Å². The number of ketones is 1. The molecule has 0 atom stereocenters. The van der Waals surface area contributed by atoms with Gasteiger partial charge in [-0.2, -0.15) is 0 Å². The lowest BCUT2D eigenvalue weighted by atomic mass is 10.1. The molecule has 0 radical (unpaired) electrons. The number of hydrogen-bond donors (Lipinski definition) is 1. The summed E-state index contributed by atoms with van der Waals surface area (Å²) >= 11 is 0. The molecule has 0 unspecified atom stereocenters. The van der Waals surface area contributed by atoms with E-state index >= 15 is 0 Å². The first-order valence-corrected chi connectivity index (χ1v) is 7.25. The number of benzene rings is 1. The van der Waals surface area contributed by atoms with Gasteiger partial charge in [0, 0.05) is 11.6 Å². The molecular weight excluding hydrogens is 282 g/mol. The summed E-state index contributed by atoms with van der Waals surface area (Å²) < 4.78 is 11.0. The van der Waals surface area contributed by atoms with E-state index in [2.05, 4.69) is 5.32 Å². The molecular formula is C17H17NO4. The Morgan fingerprint density at radius 1 is 1.18 bits per heavy atom. The Labute approximate surface area is 128 Å². The molecule has 0 aliphatic heterocycles. The summed E-state index contributed by atoms with van der Waals surface area (Å²) in [6.45, 7) is 1.75. The first-order chi connectivity index (χ1) is 10.6. The first-order valence-electron chi connectivity index (χ1n) is 7.25. The highest BCUT2D eigenvalue weighted by Crippen LogP contribution is 2.20. The van der Waals surface area contributed by atoms with Crippen LogP contribution in [0.15, 0.2) is 40.8 Å². The molecule has 5 heteroatoms. The van der Waals surface area contributed by atoms with Gasteiger partial charge >= 0.3 is 0 Å². The fraction of sp³-hybridized carbons (Fsp3) is 0.294. The number of rotatable bonds is 6. The molecule has 5 nitrogen and oxygen atoms in total. The first kappa shape index (κ1) is 14.4. The number of furan rings is 1. The number of amides is 1. The van der Waals surface area contributed by atoms with Crippen molar-refractivity contribution in [1.82, 2.24) is 5.32 Å². The maximum Gasteiger partial charge on any atom is 0.287 e. The number of ether oxygens (including phenoxy) is 1. The van der Waals surface area contributed by atoms with E-state index in [-0.39, 0.29) is 18.3 Å². The van der Waals surface area contributed by atoms with Gasteiger partial charge in [0.15, 0.2) is 11.5 Å². The normalized spacial score (nSPS) is 13.7. The molecule has 1 heterocycles. The average molecular weight is 299 g/mol. The van der Waals surface area contributed by atoms with E-state index in [1.54, 1.807) is 36.4 Å². The van der Waals surface area contributed by atoms with Crippen molar-refractivity contribution in [3.8, 4) is 5.75 Å². The molecule has 0 saturated heterocycles. The van der Waals surface area contributed by atoms with E-state index in [9.17, 15) is 9.59 Å². The predicted octanol–water partition coefficient (Wildman–Crippen LogP) is 2.95. The second kappa shape index (κ2) is 6.05. The van der Waals surface area contributed by atoms with Crippen molar-refractivity contribution in [2.45, 2.75) is 32.4 Å². The van der Waals surface area contributed by atoms with Gasteiger partial charge in [-0.05, 0) is 56.2 Å².